The van der Waals surface area contributed by atoms with Gasteiger partial charge in [0.1, 0.15) is 25.2 Å². The molecule has 250 valence electrons. The van der Waals surface area contributed by atoms with E-state index in [2.05, 4.69) is 0 Å². The number of methoxy groups -OCH3 is 1. The number of ether oxygens (including phenoxy) is 3. The van der Waals surface area contributed by atoms with Crippen LogP contribution in [-0.4, -0.2) is 60.1 Å². The van der Waals surface area contributed by atoms with Crippen molar-refractivity contribution in [3.05, 3.63) is 97.2 Å². The summed E-state index contributed by atoms with van der Waals surface area (Å²) in [6.45, 7) is -1.47. The molecule has 2 heterocycles. The van der Waals surface area contributed by atoms with Crippen LogP contribution < -0.4 is 25.5 Å². The minimum atomic E-state index is -1.26. The molecule has 1 fully saturated rings. The minimum Gasteiger partial charge on any atom is -0.493 e. The topological polar surface area (TPSA) is 92.0 Å². The zero-order valence-corrected chi connectivity index (χ0v) is 26.2. The number of amides is 1. The number of benzene rings is 3. The summed E-state index contributed by atoms with van der Waals surface area (Å²) in [4.78, 5) is 40.7. The predicted molar refractivity (Wildman–Crippen MR) is 167 cm³/mol. The number of fused-ring (bicyclic) bond motifs is 1. The standard InChI is InChI=1S/C33H32ClF4N3O6/c1-45-31-12-20(2-3-29(31)46-18-21-10-22(34)13-23(37)11-21)17-40-32(43)26-14-30(47-25(16-36)4-7-35)27(38)15-28(26)41(33(40)44)24-5-8-39(19-42)9-6-24/h2-3,10-15,19,24-25H,4-9,16-18H2,1H3. The van der Waals surface area contributed by atoms with Gasteiger partial charge in [-0.3, -0.25) is 23.1 Å². The van der Waals surface area contributed by atoms with Gasteiger partial charge in [0.2, 0.25) is 6.41 Å². The number of rotatable bonds is 13. The number of aromatic nitrogens is 2. The van der Waals surface area contributed by atoms with Crippen molar-refractivity contribution in [1.82, 2.24) is 14.0 Å². The Balaban J connectivity index is 1.54. The molecule has 0 N–H and O–H groups in total. The first kappa shape index (κ1) is 33.8. The van der Waals surface area contributed by atoms with Gasteiger partial charge in [0.15, 0.2) is 23.1 Å². The number of hydrogen-bond donors (Lipinski definition) is 0. The first-order valence-electron chi connectivity index (χ1n) is 14.9. The Morgan fingerprint density at radius 1 is 0.979 bits per heavy atom. The maximum absolute atomic E-state index is 15.3. The Morgan fingerprint density at radius 2 is 1.74 bits per heavy atom. The SMILES string of the molecule is COc1cc(Cn2c(=O)c3cc(OC(CF)CCF)c(F)cc3n(C3CCN(C=O)CC3)c2=O)ccc1OCc1cc(F)cc(Cl)c1. The van der Waals surface area contributed by atoms with E-state index in [4.69, 9.17) is 25.8 Å². The number of nitrogens with zero attached hydrogens (tertiary/aromatic N) is 3. The summed E-state index contributed by atoms with van der Waals surface area (Å²) < 4.78 is 74.4. The highest BCUT2D eigenvalue weighted by Gasteiger charge is 2.26. The molecule has 9 nitrogen and oxygen atoms in total. The second-order valence-corrected chi connectivity index (χ2v) is 11.6. The van der Waals surface area contributed by atoms with Crippen molar-refractivity contribution in [2.24, 2.45) is 0 Å². The Labute approximate surface area is 271 Å². The van der Waals surface area contributed by atoms with Gasteiger partial charge in [-0.1, -0.05) is 17.7 Å². The molecule has 3 aromatic carbocycles. The molecule has 1 aliphatic heterocycles. The first-order chi connectivity index (χ1) is 22.6. The van der Waals surface area contributed by atoms with Gasteiger partial charge in [-0.15, -0.1) is 0 Å². The van der Waals surface area contributed by atoms with Crippen LogP contribution in [0, 0.1) is 11.6 Å². The van der Waals surface area contributed by atoms with Crippen LogP contribution in [0.15, 0.2) is 58.1 Å². The number of likely N-dealkylation sites (tertiary alicyclic amines) is 1. The summed E-state index contributed by atoms with van der Waals surface area (Å²) in [7, 11) is 1.41. The molecule has 0 saturated carbocycles. The van der Waals surface area contributed by atoms with Gasteiger partial charge in [-0.2, -0.15) is 0 Å². The molecule has 1 atom stereocenters. The third-order valence-corrected chi connectivity index (χ3v) is 8.24. The number of hydrogen-bond acceptors (Lipinski definition) is 6. The van der Waals surface area contributed by atoms with Crippen LogP contribution in [0.1, 0.15) is 36.4 Å². The van der Waals surface area contributed by atoms with Crippen molar-refractivity contribution >= 4 is 28.9 Å². The molecule has 14 heteroatoms. The van der Waals surface area contributed by atoms with Crippen LogP contribution >= 0.6 is 11.6 Å². The lowest BCUT2D eigenvalue weighted by atomic mass is 10.0. The van der Waals surface area contributed by atoms with Crippen molar-refractivity contribution in [3.8, 4) is 17.2 Å². The number of carbonyl (C=O) groups is 1. The fourth-order valence-corrected chi connectivity index (χ4v) is 5.89. The Morgan fingerprint density at radius 3 is 2.40 bits per heavy atom. The average Bonchev–Trinajstić information content (AvgIpc) is 3.06. The van der Waals surface area contributed by atoms with Crippen LogP contribution in [0.3, 0.4) is 0 Å². The van der Waals surface area contributed by atoms with Gasteiger partial charge in [0, 0.05) is 36.6 Å². The highest BCUT2D eigenvalue weighted by molar-refractivity contribution is 6.30. The summed E-state index contributed by atoms with van der Waals surface area (Å²) >= 11 is 5.94. The molecule has 4 aromatic rings. The quantitative estimate of drug-likeness (QED) is 0.135. The largest absolute Gasteiger partial charge is 0.493 e. The van der Waals surface area contributed by atoms with E-state index in [0.717, 1.165) is 16.7 Å². The van der Waals surface area contributed by atoms with Gasteiger partial charge in [-0.05, 0) is 60.4 Å². The third kappa shape index (κ3) is 7.56. The fourth-order valence-electron chi connectivity index (χ4n) is 5.65. The van der Waals surface area contributed by atoms with Gasteiger partial charge < -0.3 is 19.1 Å². The normalized spacial score (nSPS) is 14.3. The second kappa shape index (κ2) is 14.9. The van der Waals surface area contributed by atoms with Gasteiger partial charge >= 0.3 is 5.69 Å². The van der Waals surface area contributed by atoms with E-state index in [1.807, 2.05) is 0 Å². The van der Waals surface area contributed by atoms with Crippen molar-refractivity contribution < 1.29 is 36.6 Å². The van der Waals surface area contributed by atoms with Crippen molar-refractivity contribution in [3.63, 3.8) is 0 Å². The number of halogens is 5. The maximum atomic E-state index is 15.3. The fraction of sp³-hybridized carbons (Fsp3) is 0.364. The van der Waals surface area contributed by atoms with Crippen molar-refractivity contribution in [1.29, 1.82) is 0 Å². The smallest absolute Gasteiger partial charge is 0.332 e. The molecule has 47 heavy (non-hydrogen) atoms. The van der Waals surface area contributed by atoms with Gasteiger partial charge in [0.05, 0.1) is 31.2 Å². The van der Waals surface area contributed by atoms with Crippen LogP contribution in [-0.2, 0) is 17.9 Å². The molecule has 0 bridgehead atoms. The number of alkyl halides is 2. The number of carbonyl (C=O) groups excluding carboxylic acids is 1. The summed E-state index contributed by atoms with van der Waals surface area (Å²) in [5, 5.41) is 0.160. The molecule has 1 unspecified atom stereocenters. The van der Waals surface area contributed by atoms with Crippen molar-refractivity contribution in [2.45, 2.75) is 44.6 Å². The summed E-state index contributed by atoms with van der Waals surface area (Å²) in [6, 6.07) is 10.5. The highest BCUT2D eigenvalue weighted by Crippen LogP contribution is 2.31. The Hall–Kier alpha value is -4.52. The molecule has 5 rings (SSSR count). The third-order valence-electron chi connectivity index (χ3n) is 8.02. The van der Waals surface area contributed by atoms with E-state index in [-0.39, 0.29) is 41.2 Å². The summed E-state index contributed by atoms with van der Waals surface area (Å²) in [5.74, 6) is -1.30. The molecule has 0 radical (unpaired) electrons. The summed E-state index contributed by atoms with van der Waals surface area (Å²) in [5.41, 5.74) is -0.442. The van der Waals surface area contributed by atoms with Crippen molar-refractivity contribution in [2.75, 3.05) is 33.5 Å². The van der Waals surface area contributed by atoms with E-state index >= 15 is 4.39 Å². The van der Waals surface area contributed by atoms with Crippen LogP contribution in [0.5, 0.6) is 17.2 Å². The van der Waals surface area contributed by atoms with Crippen LogP contribution in [0.2, 0.25) is 5.02 Å². The number of piperidine rings is 1. The van der Waals surface area contributed by atoms with Gasteiger partial charge in [0.25, 0.3) is 5.56 Å². The minimum absolute atomic E-state index is 0.0134. The van der Waals surface area contributed by atoms with E-state index in [0.29, 0.717) is 49.2 Å². The van der Waals surface area contributed by atoms with E-state index in [1.165, 1.54) is 23.8 Å². The zero-order valence-electron chi connectivity index (χ0n) is 25.4. The van der Waals surface area contributed by atoms with E-state index < -0.39 is 54.1 Å². The lowest BCUT2D eigenvalue weighted by Gasteiger charge is -2.31. The molecular weight excluding hydrogens is 646 g/mol. The van der Waals surface area contributed by atoms with Crippen LogP contribution in [0.25, 0.3) is 10.9 Å². The predicted octanol–water partition coefficient (Wildman–Crippen LogP) is 5.60. The molecule has 0 aliphatic carbocycles. The van der Waals surface area contributed by atoms with Gasteiger partial charge in [-0.25, -0.2) is 18.0 Å². The molecule has 1 saturated heterocycles. The summed E-state index contributed by atoms with van der Waals surface area (Å²) in [6.07, 6.45) is -0.108. The molecule has 1 aliphatic rings. The van der Waals surface area contributed by atoms with E-state index in [9.17, 15) is 27.6 Å². The maximum Gasteiger partial charge on any atom is 0.332 e. The molecular formula is C33H32ClF4N3O6. The Kier molecular flexibility index (Phi) is 10.7. The lowest BCUT2D eigenvalue weighted by molar-refractivity contribution is -0.119. The molecule has 1 aromatic heterocycles. The van der Waals surface area contributed by atoms with Crippen LogP contribution in [0.4, 0.5) is 17.6 Å². The highest BCUT2D eigenvalue weighted by atomic mass is 35.5. The first-order valence-corrected chi connectivity index (χ1v) is 15.2. The second-order valence-electron chi connectivity index (χ2n) is 11.1. The van der Waals surface area contributed by atoms with E-state index in [1.54, 1.807) is 29.2 Å². The lowest BCUT2D eigenvalue weighted by Crippen LogP contribution is -2.44. The molecule has 0 spiro atoms. The molecule has 1 amide bonds. The monoisotopic (exact) mass is 677 g/mol. The average molecular weight is 678 g/mol. The zero-order chi connectivity index (χ0) is 33.7. The Bertz CT molecular complexity index is 1860.